The van der Waals surface area contributed by atoms with Gasteiger partial charge in [0.25, 0.3) is 0 Å². The third-order valence-corrected chi connectivity index (χ3v) is 3.19. The Balaban J connectivity index is 2.05. The molecule has 1 heterocycles. The van der Waals surface area contributed by atoms with E-state index in [1.165, 1.54) is 24.3 Å². The third kappa shape index (κ3) is 2.48. The summed E-state index contributed by atoms with van der Waals surface area (Å²) >= 11 is 5.80. The normalized spacial score (nSPS) is 10.4. The van der Waals surface area contributed by atoms with E-state index in [1.807, 2.05) is 6.07 Å². The van der Waals surface area contributed by atoms with Crippen molar-refractivity contribution in [1.29, 1.82) is 5.26 Å². The zero-order chi connectivity index (χ0) is 15.7. The van der Waals surface area contributed by atoms with Crippen LogP contribution in [0.15, 0.2) is 46.9 Å². The molecule has 3 aromatic rings. The number of fused-ring (bicyclic) bond motifs is 1. The molecule has 22 heavy (non-hydrogen) atoms. The summed E-state index contributed by atoms with van der Waals surface area (Å²) in [6, 6.07) is 12.4. The highest BCUT2D eigenvalue weighted by molar-refractivity contribution is 6.29. The van der Waals surface area contributed by atoms with E-state index in [1.54, 1.807) is 18.2 Å². The van der Waals surface area contributed by atoms with Gasteiger partial charge in [-0.25, -0.2) is 4.79 Å². The van der Waals surface area contributed by atoms with Crippen molar-refractivity contribution in [3.63, 3.8) is 0 Å². The molecule has 0 aliphatic heterocycles. The van der Waals surface area contributed by atoms with Crippen molar-refractivity contribution in [2.75, 3.05) is 0 Å². The number of rotatable bonds is 2. The van der Waals surface area contributed by atoms with Gasteiger partial charge in [-0.2, -0.15) is 5.26 Å². The number of phenolic OH excluding ortho intramolecular Hbond substituents is 1. The number of hydrogen-bond donors (Lipinski definition) is 1. The van der Waals surface area contributed by atoms with Crippen LogP contribution in [0.3, 0.4) is 0 Å². The number of nitriles is 1. The number of halogens is 1. The number of carbonyl (C=O) groups excluding carboxylic acids is 1. The molecule has 0 bridgehead atoms. The Hall–Kier alpha value is -2.97. The molecular weight excluding hydrogens is 306 g/mol. The highest BCUT2D eigenvalue weighted by atomic mass is 35.5. The lowest BCUT2D eigenvalue weighted by Crippen LogP contribution is -2.09. The van der Waals surface area contributed by atoms with Gasteiger partial charge in [-0.1, -0.05) is 12.1 Å². The number of para-hydroxylation sites is 1. The Kier molecular flexibility index (Phi) is 3.45. The van der Waals surface area contributed by atoms with Gasteiger partial charge in [-0.3, -0.25) is 0 Å². The first kappa shape index (κ1) is 14.0. The minimum atomic E-state index is -0.762. The number of ether oxygens (including phenoxy) is 1. The van der Waals surface area contributed by atoms with Crippen LogP contribution in [0, 0.1) is 11.3 Å². The van der Waals surface area contributed by atoms with Crippen molar-refractivity contribution in [3.8, 4) is 17.6 Å². The predicted molar refractivity (Wildman–Crippen MR) is 79.0 cm³/mol. The zero-order valence-electron chi connectivity index (χ0n) is 11.0. The maximum Gasteiger partial charge on any atom is 0.347 e. The summed E-state index contributed by atoms with van der Waals surface area (Å²) in [7, 11) is 0. The lowest BCUT2D eigenvalue weighted by atomic mass is 10.1. The SMILES string of the molecule is N#Cc1cc(OC(=O)c2ccccc2O)c2oc(Cl)cc2c1. The van der Waals surface area contributed by atoms with Gasteiger partial charge in [0.2, 0.25) is 0 Å². The average Bonchev–Trinajstić information content (AvgIpc) is 2.88. The highest BCUT2D eigenvalue weighted by Crippen LogP contribution is 2.33. The van der Waals surface area contributed by atoms with E-state index in [0.29, 0.717) is 10.9 Å². The number of hydrogen-bond acceptors (Lipinski definition) is 5. The van der Waals surface area contributed by atoms with Gasteiger partial charge in [0, 0.05) is 17.5 Å². The van der Waals surface area contributed by atoms with Crippen molar-refractivity contribution < 1.29 is 19.1 Å². The van der Waals surface area contributed by atoms with E-state index in [-0.39, 0.29) is 27.9 Å². The fourth-order valence-corrected chi connectivity index (χ4v) is 2.23. The molecule has 0 aliphatic carbocycles. The van der Waals surface area contributed by atoms with Crippen molar-refractivity contribution in [2.24, 2.45) is 0 Å². The van der Waals surface area contributed by atoms with Crippen LogP contribution in [-0.4, -0.2) is 11.1 Å². The van der Waals surface area contributed by atoms with Gasteiger partial charge in [0.05, 0.1) is 11.6 Å². The molecule has 0 radical (unpaired) electrons. The van der Waals surface area contributed by atoms with Crippen LogP contribution in [0.4, 0.5) is 0 Å². The molecule has 6 heteroatoms. The van der Waals surface area contributed by atoms with Crippen LogP contribution in [0.5, 0.6) is 11.5 Å². The topological polar surface area (TPSA) is 83.5 Å². The Morgan fingerprint density at radius 1 is 1.27 bits per heavy atom. The summed E-state index contributed by atoms with van der Waals surface area (Å²) in [5, 5.41) is 19.4. The summed E-state index contributed by atoms with van der Waals surface area (Å²) in [4.78, 5) is 12.1. The fraction of sp³-hybridized carbons (Fsp3) is 0. The first-order chi connectivity index (χ1) is 10.6. The number of phenols is 1. The molecule has 0 aliphatic rings. The maximum absolute atomic E-state index is 12.1. The van der Waals surface area contributed by atoms with E-state index >= 15 is 0 Å². The molecular formula is C16H8ClNO4. The first-order valence-electron chi connectivity index (χ1n) is 6.22. The molecule has 0 fully saturated rings. The molecule has 3 rings (SSSR count). The van der Waals surface area contributed by atoms with E-state index in [0.717, 1.165) is 0 Å². The Morgan fingerprint density at radius 3 is 2.77 bits per heavy atom. The number of carbonyl (C=O) groups is 1. The lowest BCUT2D eigenvalue weighted by Gasteiger charge is -2.06. The lowest BCUT2D eigenvalue weighted by molar-refractivity contribution is 0.0732. The summed E-state index contributed by atoms with van der Waals surface area (Å²) in [5.74, 6) is -0.895. The van der Waals surface area contributed by atoms with Crippen molar-refractivity contribution in [2.45, 2.75) is 0 Å². The van der Waals surface area contributed by atoms with E-state index in [2.05, 4.69) is 0 Å². The van der Waals surface area contributed by atoms with E-state index in [4.69, 9.17) is 26.0 Å². The van der Waals surface area contributed by atoms with Crippen LogP contribution < -0.4 is 4.74 Å². The highest BCUT2D eigenvalue weighted by Gasteiger charge is 2.17. The van der Waals surface area contributed by atoms with Crippen molar-refractivity contribution in [3.05, 3.63) is 58.8 Å². The molecule has 1 N–H and O–H groups in total. The molecule has 5 nitrogen and oxygen atoms in total. The molecule has 0 amide bonds. The Bertz CT molecular complexity index is 924. The minimum Gasteiger partial charge on any atom is -0.507 e. The van der Waals surface area contributed by atoms with Crippen LogP contribution >= 0.6 is 11.6 Å². The van der Waals surface area contributed by atoms with Gasteiger partial charge in [-0.15, -0.1) is 0 Å². The number of nitrogens with zero attached hydrogens (tertiary/aromatic N) is 1. The van der Waals surface area contributed by atoms with Crippen molar-refractivity contribution >= 4 is 28.5 Å². The molecule has 108 valence electrons. The molecule has 2 aromatic carbocycles. The summed E-state index contributed by atoms with van der Waals surface area (Å²) in [6.07, 6.45) is 0. The number of aromatic hydroxyl groups is 1. The molecule has 0 atom stereocenters. The van der Waals surface area contributed by atoms with E-state index < -0.39 is 5.97 Å². The number of furan rings is 1. The minimum absolute atomic E-state index is 0.00987. The molecule has 0 saturated heterocycles. The van der Waals surface area contributed by atoms with Crippen molar-refractivity contribution in [1.82, 2.24) is 0 Å². The maximum atomic E-state index is 12.1. The van der Waals surface area contributed by atoms with Gasteiger partial charge in [-0.05, 0) is 29.8 Å². The second-order valence-corrected chi connectivity index (χ2v) is 4.83. The second-order valence-electron chi connectivity index (χ2n) is 4.46. The first-order valence-corrected chi connectivity index (χ1v) is 6.59. The largest absolute Gasteiger partial charge is 0.507 e. The smallest absolute Gasteiger partial charge is 0.347 e. The Labute approximate surface area is 129 Å². The van der Waals surface area contributed by atoms with E-state index in [9.17, 15) is 9.90 Å². The second kappa shape index (κ2) is 5.43. The zero-order valence-corrected chi connectivity index (χ0v) is 11.8. The fourth-order valence-electron chi connectivity index (χ4n) is 2.03. The van der Waals surface area contributed by atoms with Gasteiger partial charge < -0.3 is 14.3 Å². The quantitative estimate of drug-likeness (QED) is 0.573. The number of esters is 1. The molecule has 0 unspecified atom stereocenters. The van der Waals surface area contributed by atoms with Crippen LogP contribution in [-0.2, 0) is 0 Å². The predicted octanol–water partition coefficient (Wildman–Crippen LogP) is 3.88. The molecule has 0 spiro atoms. The average molecular weight is 314 g/mol. The van der Waals surface area contributed by atoms with Gasteiger partial charge >= 0.3 is 5.97 Å². The van der Waals surface area contributed by atoms with Gasteiger partial charge in [0.1, 0.15) is 11.3 Å². The molecule has 1 aromatic heterocycles. The monoisotopic (exact) mass is 313 g/mol. The van der Waals surface area contributed by atoms with Crippen LogP contribution in [0.25, 0.3) is 11.0 Å². The van der Waals surface area contributed by atoms with Crippen LogP contribution in [0.2, 0.25) is 5.22 Å². The number of benzene rings is 2. The summed E-state index contributed by atoms with van der Waals surface area (Å²) in [5.41, 5.74) is 0.563. The molecule has 0 saturated carbocycles. The Morgan fingerprint density at radius 2 is 2.05 bits per heavy atom. The van der Waals surface area contributed by atoms with Gasteiger partial charge in [0.15, 0.2) is 16.6 Å². The summed E-state index contributed by atoms with van der Waals surface area (Å²) in [6.45, 7) is 0. The summed E-state index contributed by atoms with van der Waals surface area (Å²) < 4.78 is 10.5. The third-order valence-electron chi connectivity index (χ3n) is 3.01. The standard InChI is InChI=1S/C16H8ClNO4/c17-14-7-10-5-9(8-18)6-13(15(10)22-14)21-16(20)11-3-1-2-4-12(11)19/h1-7,19H. The van der Waals surface area contributed by atoms with Crippen LogP contribution in [0.1, 0.15) is 15.9 Å².